The van der Waals surface area contributed by atoms with E-state index in [1.807, 2.05) is 0 Å². The summed E-state index contributed by atoms with van der Waals surface area (Å²) in [4.78, 5) is 44.2. The molecule has 0 heterocycles. The van der Waals surface area contributed by atoms with Crippen molar-refractivity contribution in [2.75, 3.05) is 41.7 Å². The smallest absolute Gasteiger partial charge is 0.377 e. The van der Waals surface area contributed by atoms with Gasteiger partial charge in [-0.25, -0.2) is 9.59 Å². The summed E-state index contributed by atoms with van der Waals surface area (Å²) >= 11 is 0. The monoisotopic (exact) mass is 464 g/mol. The fraction of sp³-hybridized carbons (Fsp3) is 0.273. The van der Waals surface area contributed by atoms with Crippen LogP contribution in [0.25, 0.3) is 0 Å². The molecule has 2 aromatic rings. The maximum atomic E-state index is 12.4. The van der Waals surface area contributed by atoms with Crippen LogP contribution >= 0.6 is 0 Å². The molecule has 178 valence electrons. The molecule has 2 radical (unpaired) electrons. The number of rotatable bonds is 13. The first-order valence-corrected chi connectivity index (χ1v) is 9.43. The summed E-state index contributed by atoms with van der Waals surface area (Å²) in [6, 6.07) is 9.21. The molecular weight excluding hydrogens is 440 g/mol. The van der Waals surface area contributed by atoms with Gasteiger partial charge < -0.3 is 23.7 Å². The molecule has 0 bridgehead atoms. The van der Waals surface area contributed by atoms with Crippen LogP contribution in [0.15, 0.2) is 36.4 Å². The van der Waals surface area contributed by atoms with Crippen molar-refractivity contribution in [1.82, 2.24) is 0 Å². The van der Waals surface area contributed by atoms with Crippen LogP contribution in [0.5, 0.6) is 23.0 Å². The third-order valence-electron chi connectivity index (χ3n) is 4.03. The van der Waals surface area contributed by atoms with Crippen molar-refractivity contribution in [1.29, 1.82) is 0 Å². The largest absolute Gasteiger partial charge is 0.493 e. The molecule has 0 aromatic heterocycles. The summed E-state index contributed by atoms with van der Waals surface area (Å²) in [7, 11) is 5.57. The van der Waals surface area contributed by atoms with Gasteiger partial charge in [-0.05, 0) is 31.2 Å². The van der Waals surface area contributed by atoms with E-state index in [9.17, 15) is 9.59 Å². The van der Waals surface area contributed by atoms with Crippen molar-refractivity contribution in [3.63, 3.8) is 0 Å². The standard InChI is InChI=1S/C22H24O11/c1-6-29-13-18(30-32-21(23)14-9-7-11-16(25-2)19(14)27-4)31-33-22(24)15-10-8-12-17(26-3)20(15)28-5/h7-12H,1,6,13H2,2-5H3. The minimum atomic E-state index is -0.928. The molecule has 11 heteroatoms. The number of hydrogen-bond donors (Lipinski definition) is 0. The Morgan fingerprint density at radius 1 is 0.697 bits per heavy atom. The Bertz CT molecular complexity index is 857. The van der Waals surface area contributed by atoms with Gasteiger partial charge in [-0.15, -0.1) is 9.78 Å². The van der Waals surface area contributed by atoms with Gasteiger partial charge >= 0.3 is 18.2 Å². The summed E-state index contributed by atoms with van der Waals surface area (Å²) in [5, 5.41) is 0. The van der Waals surface area contributed by atoms with Gasteiger partial charge in [0.05, 0.1) is 28.4 Å². The minimum absolute atomic E-state index is 0.0207. The number of carbonyl (C=O) groups excluding carboxylic acids is 2. The lowest BCUT2D eigenvalue weighted by molar-refractivity contribution is -0.368. The molecular formula is C22H24O11. The number of methoxy groups -OCH3 is 4. The maximum absolute atomic E-state index is 12.4. The number of benzene rings is 2. The molecule has 0 aliphatic heterocycles. The molecule has 0 unspecified atom stereocenters. The van der Waals surface area contributed by atoms with E-state index >= 15 is 0 Å². The molecule has 0 spiro atoms. The van der Waals surface area contributed by atoms with Gasteiger partial charge in [0.2, 0.25) is 0 Å². The highest BCUT2D eigenvalue weighted by molar-refractivity contribution is 5.93. The molecule has 0 aliphatic carbocycles. The van der Waals surface area contributed by atoms with Crippen molar-refractivity contribution in [2.45, 2.75) is 0 Å². The van der Waals surface area contributed by atoms with E-state index in [0.29, 0.717) is 11.5 Å². The Balaban J connectivity index is 2.06. The quantitative estimate of drug-likeness (QED) is 0.322. The number of carbonyl (C=O) groups is 2. The molecule has 11 nitrogen and oxygen atoms in total. The lowest BCUT2D eigenvalue weighted by atomic mass is 10.2. The summed E-state index contributed by atoms with van der Waals surface area (Å²) < 4.78 is 25.7. The molecule has 0 N–H and O–H groups in total. The zero-order chi connectivity index (χ0) is 24.2. The minimum Gasteiger partial charge on any atom is -0.493 e. The van der Waals surface area contributed by atoms with Crippen molar-refractivity contribution < 1.29 is 52.8 Å². The Kier molecular flexibility index (Phi) is 10.2. The highest BCUT2D eigenvalue weighted by Gasteiger charge is 2.26. The first-order valence-electron chi connectivity index (χ1n) is 9.43. The molecule has 0 atom stereocenters. The van der Waals surface area contributed by atoms with E-state index < -0.39 is 18.2 Å². The van der Waals surface area contributed by atoms with Gasteiger partial charge in [-0.2, -0.15) is 0 Å². The topological polar surface area (TPSA) is 117 Å². The van der Waals surface area contributed by atoms with E-state index in [4.69, 9.17) is 43.2 Å². The van der Waals surface area contributed by atoms with E-state index in [2.05, 4.69) is 6.92 Å². The molecule has 0 amide bonds. The fourth-order valence-corrected chi connectivity index (χ4v) is 2.57. The second-order valence-electron chi connectivity index (χ2n) is 5.92. The molecule has 2 rings (SSSR count). The van der Waals surface area contributed by atoms with Gasteiger partial charge in [0.1, 0.15) is 17.7 Å². The van der Waals surface area contributed by atoms with Gasteiger partial charge in [-0.1, -0.05) is 12.1 Å². The number of hydrogen-bond acceptors (Lipinski definition) is 11. The van der Waals surface area contributed by atoms with Crippen LogP contribution in [0.1, 0.15) is 20.7 Å². The lowest BCUT2D eigenvalue weighted by Gasteiger charge is -2.15. The second-order valence-corrected chi connectivity index (χ2v) is 5.92. The molecule has 2 aromatic carbocycles. The van der Waals surface area contributed by atoms with E-state index in [1.165, 1.54) is 40.6 Å². The first kappa shape index (κ1) is 25.7. The van der Waals surface area contributed by atoms with Gasteiger partial charge in [-0.3, -0.25) is 9.78 Å². The normalized spacial score (nSPS) is 10.5. The third kappa shape index (κ3) is 6.72. The van der Waals surface area contributed by atoms with E-state index in [1.54, 1.807) is 24.3 Å². The van der Waals surface area contributed by atoms with Crippen LogP contribution in [0.4, 0.5) is 0 Å². The Labute approximate surface area is 190 Å². The van der Waals surface area contributed by atoms with Crippen LogP contribution in [-0.2, 0) is 24.3 Å². The van der Waals surface area contributed by atoms with Crippen LogP contribution in [0.3, 0.4) is 0 Å². The summed E-state index contributed by atoms with van der Waals surface area (Å²) in [6.45, 7) is 3.18. The van der Waals surface area contributed by atoms with Crippen molar-refractivity contribution >= 4 is 11.9 Å². The van der Waals surface area contributed by atoms with E-state index in [-0.39, 0.29) is 35.8 Å². The maximum Gasteiger partial charge on any atom is 0.377 e. The Morgan fingerprint density at radius 2 is 1.15 bits per heavy atom. The van der Waals surface area contributed by atoms with E-state index in [0.717, 1.165) is 0 Å². The van der Waals surface area contributed by atoms with Crippen LogP contribution in [-0.4, -0.2) is 53.6 Å². The molecule has 33 heavy (non-hydrogen) atoms. The van der Waals surface area contributed by atoms with Crippen LogP contribution < -0.4 is 18.9 Å². The number of para-hydroxylation sites is 2. The Hall–Kier alpha value is -3.54. The molecule has 0 fully saturated rings. The first-order chi connectivity index (χ1) is 16.0. The summed E-state index contributed by atoms with van der Waals surface area (Å²) in [5.41, 5.74) is 0.0415. The van der Waals surface area contributed by atoms with Crippen LogP contribution in [0, 0.1) is 13.2 Å². The number of ether oxygens (including phenoxy) is 5. The van der Waals surface area contributed by atoms with Gasteiger partial charge in [0.25, 0.3) is 0 Å². The molecule has 0 aliphatic rings. The summed E-state index contributed by atoms with van der Waals surface area (Å²) in [6.07, 6.45) is -0.482. The van der Waals surface area contributed by atoms with Crippen molar-refractivity contribution in [3.05, 3.63) is 60.7 Å². The third-order valence-corrected chi connectivity index (χ3v) is 4.03. The fourth-order valence-electron chi connectivity index (χ4n) is 2.57. The summed E-state index contributed by atoms with van der Waals surface area (Å²) in [5.74, 6) is -0.948. The zero-order valence-electron chi connectivity index (χ0n) is 18.6. The second kappa shape index (κ2) is 13.1. The highest BCUT2D eigenvalue weighted by Crippen LogP contribution is 2.32. The van der Waals surface area contributed by atoms with Gasteiger partial charge in [0, 0.05) is 6.61 Å². The van der Waals surface area contributed by atoms with Gasteiger partial charge in [0.15, 0.2) is 23.0 Å². The SMILES string of the molecule is [CH2]COC[C](OOC(=O)c1cccc(OC)c1OC)OOC(=O)c1cccc(OC)c1OC. The van der Waals surface area contributed by atoms with Crippen molar-refractivity contribution in [3.8, 4) is 23.0 Å². The predicted molar refractivity (Wildman–Crippen MR) is 112 cm³/mol. The van der Waals surface area contributed by atoms with Crippen molar-refractivity contribution in [2.24, 2.45) is 0 Å². The average Bonchev–Trinajstić information content (AvgIpc) is 2.86. The zero-order valence-corrected chi connectivity index (χ0v) is 18.6. The highest BCUT2D eigenvalue weighted by atomic mass is 17.3. The predicted octanol–water partition coefficient (Wildman–Crippen LogP) is 2.94. The Morgan fingerprint density at radius 3 is 1.52 bits per heavy atom. The molecule has 0 saturated heterocycles. The van der Waals surface area contributed by atoms with Crippen LogP contribution in [0.2, 0.25) is 0 Å². The molecule has 0 saturated carbocycles. The lowest BCUT2D eigenvalue weighted by Crippen LogP contribution is -2.20. The average molecular weight is 464 g/mol.